The normalized spacial score (nSPS) is 16.9. The van der Waals surface area contributed by atoms with E-state index in [4.69, 9.17) is 16.0 Å². The van der Waals surface area contributed by atoms with Crippen molar-refractivity contribution in [1.29, 1.82) is 5.26 Å². The van der Waals surface area contributed by atoms with Gasteiger partial charge in [-0.25, -0.2) is 0 Å². The van der Waals surface area contributed by atoms with Gasteiger partial charge < -0.3 is 15.1 Å². The summed E-state index contributed by atoms with van der Waals surface area (Å²) in [5, 5.41) is 17.0. The van der Waals surface area contributed by atoms with Crippen molar-refractivity contribution >= 4 is 46.5 Å². The van der Waals surface area contributed by atoms with Crippen LogP contribution in [0.2, 0.25) is 5.02 Å². The number of Topliss-reactive ketones (excluding diaryl/α,β-unsaturated/α-hetero) is 1. The van der Waals surface area contributed by atoms with E-state index in [1.807, 2.05) is 6.07 Å². The number of carbonyl (C=O) groups excluding carboxylic acids is 3. The fourth-order valence-electron chi connectivity index (χ4n) is 4.66. The molecule has 5 rings (SSSR count). The molecule has 0 saturated heterocycles. The number of hydrogen-bond donors (Lipinski definition) is 2. The second kappa shape index (κ2) is 11.1. The van der Waals surface area contributed by atoms with Gasteiger partial charge in [0, 0.05) is 33.8 Å². The molecule has 1 amide bonds. The number of dihydropyridines is 1. The molecule has 7 nitrogen and oxygen atoms in total. The number of thioether (sulfide) groups is 1. The van der Waals surface area contributed by atoms with E-state index >= 15 is 0 Å². The van der Waals surface area contributed by atoms with Crippen LogP contribution in [0.5, 0.6) is 0 Å². The van der Waals surface area contributed by atoms with Gasteiger partial charge in [-0.15, -0.1) is 0 Å². The second-order valence-corrected chi connectivity index (χ2v) is 10.2. The van der Waals surface area contributed by atoms with Gasteiger partial charge in [0.2, 0.25) is 5.91 Å². The number of rotatable bonds is 7. The van der Waals surface area contributed by atoms with E-state index in [1.54, 1.807) is 48.5 Å². The molecule has 190 valence electrons. The van der Waals surface area contributed by atoms with Crippen molar-refractivity contribution in [3.8, 4) is 6.07 Å². The summed E-state index contributed by atoms with van der Waals surface area (Å²) in [6.07, 6.45) is 3.32. The molecule has 1 unspecified atom stereocenters. The van der Waals surface area contributed by atoms with Crippen LogP contribution in [0.4, 0.5) is 5.69 Å². The maximum absolute atomic E-state index is 13.1. The van der Waals surface area contributed by atoms with Crippen LogP contribution in [0, 0.1) is 11.3 Å². The lowest BCUT2D eigenvalue weighted by molar-refractivity contribution is -0.116. The molecule has 0 fully saturated rings. The highest BCUT2D eigenvalue weighted by Gasteiger charge is 2.38. The fraction of sp³-hybridized carbons (Fsp3) is 0.172. The predicted molar refractivity (Wildman–Crippen MR) is 146 cm³/mol. The Balaban J connectivity index is 1.37. The minimum Gasteiger partial charge on any atom is -0.468 e. The molecular weight excluding hydrogens is 522 g/mol. The van der Waals surface area contributed by atoms with Gasteiger partial charge in [0.05, 0.1) is 40.3 Å². The first-order valence-corrected chi connectivity index (χ1v) is 13.4. The molecule has 2 heterocycles. The van der Waals surface area contributed by atoms with E-state index in [1.165, 1.54) is 24.1 Å². The SMILES string of the molecule is N#CC1=C(SCC(=O)Nc2ccc(Cl)cc2C(=O)c2ccccc2)NC2=C(C(=O)CCC2)C1c1ccco1. The molecule has 3 aromatic rings. The third-order valence-electron chi connectivity index (χ3n) is 6.37. The van der Waals surface area contributed by atoms with Crippen LogP contribution in [0.15, 0.2) is 93.2 Å². The molecular formula is C29H22ClN3O4S. The van der Waals surface area contributed by atoms with Gasteiger partial charge in [0.25, 0.3) is 0 Å². The molecule has 1 atom stereocenters. The summed E-state index contributed by atoms with van der Waals surface area (Å²) >= 11 is 7.32. The van der Waals surface area contributed by atoms with Crippen LogP contribution >= 0.6 is 23.4 Å². The van der Waals surface area contributed by atoms with Crippen LogP contribution in [-0.2, 0) is 9.59 Å². The van der Waals surface area contributed by atoms with E-state index in [0.717, 1.165) is 5.70 Å². The number of nitriles is 1. The molecule has 9 heteroatoms. The van der Waals surface area contributed by atoms with E-state index in [9.17, 15) is 19.6 Å². The first-order chi connectivity index (χ1) is 18.5. The third-order valence-corrected chi connectivity index (χ3v) is 7.63. The number of amides is 1. The van der Waals surface area contributed by atoms with E-state index in [0.29, 0.717) is 57.5 Å². The van der Waals surface area contributed by atoms with Crippen molar-refractivity contribution in [2.45, 2.75) is 25.2 Å². The Morgan fingerprint density at radius 1 is 1.13 bits per heavy atom. The van der Waals surface area contributed by atoms with Crippen LogP contribution in [0.25, 0.3) is 0 Å². The summed E-state index contributed by atoms with van der Waals surface area (Å²) < 4.78 is 5.61. The number of halogens is 1. The Morgan fingerprint density at radius 2 is 1.95 bits per heavy atom. The molecule has 0 bridgehead atoms. The Bertz CT molecular complexity index is 1520. The number of nitrogens with one attached hydrogen (secondary N) is 2. The van der Waals surface area contributed by atoms with Crippen LogP contribution in [0.3, 0.4) is 0 Å². The third kappa shape index (κ3) is 5.17. The first-order valence-electron chi connectivity index (χ1n) is 12.0. The topological polar surface area (TPSA) is 112 Å². The maximum Gasteiger partial charge on any atom is 0.234 e. The van der Waals surface area contributed by atoms with Gasteiger partial charge in [-0.05, 0) is 43.2 Å². The minimum absolute atomic E-state index is 0.00644. The van der Waals surface area contributed by atoms with Crippen molar-refractivity contribution in [3.05, 3.63) is 111 Å². The zero-order chi connectivity index (χ0) is 26.6. The highest BCUT2D eigenvalue weighted by molar-refractivity contribution is 8.03. The molecule has 0 saturated carbocycles. The van der Waals surface area contributed by atoms with Crippen molar-refractivity contribution in [1.82, 2.24) is 5.32 Å². The van der Waals surface area contributed by atoms with Crippen LogP contribution in [-0.4, -0.2) is 23.2 Å². The monoisotopic (exact) mass is 543 g/mol. The zero-order valence-corrected chi connectivity index (χ0v) is 21.7. The molecule has 1 aliphatic heterocycles. The zero-order valence-electron chi connectivity index (χ0n) is 20.1. The van der Waals surface area contributed by atoms with Crippen molar-refractivity contribution in [3.63, 3.8) is 0 Å². The largest absolute Gasteiger partial charge is 0.468 e. The highest BCUT2D eigenvalue weighted by Crippen LogP contribution is 2.44. The number of nitrogens with zero attached hydrogens (tertiary/aromatic N) is 1. The molecule has 1 aliphatic carbocycles. The smallest absolute Gasteiger partial charge is 0.234 e. The summed E-state index contributed by atoms with van der Waals surface area (Å²) in [5.74, 6) is -0.763. The Hall–Kier alpha value is -4.06. The average Bonchev–Trinajstić information content (AvgIpc) is 3.47. The van der Waals surface area contributed by atoms with Crippen molar-refractivity contribution in [2.24, 2.45) is 0 Å². The van der Waals surface area contributed by atoms with Gasteiger partial charge >= 0.3 is 0 Å². The highest BCUT2D eigenvalue weighted by atomic mass is 35.5. The molecule has 2 aliphatic rings. The molecule has 0 radical (unpaired) electrons. The average molecular weight is 544 g/mol. The Labute approximate surface area is 228 Å². The second-order valence-electron chi connectivity index (χ2n) is 8.82. The summed E-state index contributed by atoms with van der Waals surface area (Å²) in [6.45, 7) is 0. The Kier molecular flexibility index (Phi) is 7.50. The number of benzene rings is 2. The summed E-state index contributed by atoms with van der Waals surface area (Å²) in [7, 11) is 0. The van der Waals surface area contributed by atoms with Gasteiger partial charge in [-0.2, -0.15) is 5.26 Å². The lowest BCUT2D eigenvalue weighted by Crippen LogP contribution is -2.31. The number of hydrogen-bond acceptors (Lipinski definition) is 7. The minimum atomic E-state index is -0.615. The van der Waals surface area contributed by atoms with Crippen LogP contribution in [0.1, 0.15) is 46.9 Å². The fourth-order valence-corrected chi connectivity index (χ4v) is 5.69. The molecule has 38 heavy (non-hydrogen) atoms. The summed E-state index contributed by atoms with van der Waals surface area (Å²) in [4.78, 5) is 38.9. The standard InChI is InChI=1S/C29H22ClN3O4S/c30-18-11-12-21(19(14-18)28(36)17-6-2-1-3-7-17)32-25(35)16-38-29-20(15-31)26(24-10-5-13-37-24)27-22(33-29)8-4-9-23(27)34/h1-3,5-7,10-14,26,33H,4,8-9,16H2,(H,32,35). The lowest BCUT2D eigenvalue weighted by Gasteiger charge is -2.32. The van der Waals surface area contributed by atoms with E-state index < -0.39 is 5.92 Å². The van der Waals surface area contributed by atoms with Gasteiger partial charge in [0.15, 0.2) is 11.6 Å². The summed E-state index contributed by atoms with van der Waals surface area (Å²) in [5.41, 5.74) is 2.75. The quantitative estimate of drug-likeness (QED) is 0.353. The van der Waals surface area contributed by atoms with Crippen molar-refractivity contribution in [2.75, 3.05) is 11.1 Å². The Morgan fingerprint density at radius 3 is 2.68 bits per heavy atom. The predicted octanol–water partition coefficient (Wildman–Crippen LogP) is 5.96. The molecule has 2 aromatic carbocycles. The summed E-state index contributed by atoms with van der Waals surface area (Å²) in [6, 6.07) is 19.2. The number of furan rings is 1. The molecule has 1 aromatic heterocycles. The van der Waals surface area contributed by atoms with Gasteiger partial charge in [-0.1, -0.05) is 53.7 Å². The van der Waals surface area contributed by atoms with E-state index in [-0.39, 0.29) is 28.8 Å². The molecule has 0 spiro atoms. The number of carbonyl (C=O) groups is 3. The molecule has 2 N–H and O–H groups in total. The first kappa shape index (κ1) is 25.6. The number of allylic oxidation sites excluding steroid dienone is 3. The maximum atomic E-state index is 13.1. The van der Waals surface area contributed by atoms with Gasteiger partial charge in [0.1, 0.15) is 5.76 Å². The number of ketones is 2. The lowest BCUT2D eigenvalue weighted by atomic mass is 9.79. The van der Waals surface area contributed by atoms with Gasteiger partial charge in [-0.3, -0.25) is 14.4 Å². The van der Waals surface area contributed by atoms with Crippen molar-refractivity contribution < 1.29 is 18.8 Å². The number of anilines is 1. The van der Waals surface area contributed by atoms with E-state index in [2.05, 4.69) is 16.7 Å². The van der Waals surface area contributed by atoms with Crippen LogP contribution < -0.4 is 10.6 Å².